The molecule has 0 spiro atoms. The highest BCUT2D eigenvalue weighted by molar-refractivity contribution is 5.27. The van der Waals surface area contributed by atoms with E-state index in [9.17, 15) is 0 Å². The lowest BCUT2D eigenvalue weighted by molar-refractivity contribution is 0.127. The first kappa shape index (κ1) is 14.5. The molecule has 106 valence electrons. The Bertz CT molecular complexity index is 389. The topological polar surface area (TPSA) is 29.3 Å². The Balaban J connectivity index is 2.05. The van der Waals surface area contributed by atoms with E-state index in [-0.39, 0.29) is 0 Å². The summed E-state index contributed by atoms with van der Waals surface area (Å²) in [6, 6.07) is 9.50. The molecule has 0 aliphatic heterocycles. The Kier molecular flexibility index (Phi) is 5.41. The maximum absolute atomic E-state index is 5.95. The summed E-state index contributed by atoms with van der Waals surface area (Å²) in [6.07, 6.45) is 6.46. The molecule has 1 aliphatic rings. The average molecular weight is 260 g/mol. The van der Waals surface area contributed by atoms with E-state index in [1.807, 2.05) is 0 Å². The molecule has 1 fully saturated rings. The molecule has 0 saturated heterocycles. The molecule has 2 heteroatoms. The van der Waals surface area contributed by atoms with Gasteiger partial charge in [-0.15, -0.1) is 0 Å². The van der Waals surface area contributed by atoms with Crippen molar-refractivity contribution in [1.29, 1.82) is 0 Å². The minimum Gasteiger partial charge on any atom is -0.330 e. The highest BCUT2D eigenvalue weighted by atomic mass is 15.1. The summed E-state index contributed by atoms with van der Waals surface area (Å²) in [5.41, 5.74) is 8.92. The normalized spacial score (nSPS) is 23.8. The number of aryl methyl sites for hydroxylation is 1. The van der Waals surface area contributed by atoms with E-state index in [0.29, 0.717) is 12.0 Å². The van der Waals surface area contributed by atoms with Gasteiger partial charge >= 0.3 is 0 Å². The van der Waals surface area contributed by atoms with Gasteiger partial charge in [-0.1, -0.05) is 44.0 Å². The van der Waals surface area contributed by atoms with Crippen molar-refractivity contribution in [1.82, 2.24) is 4.90 Å². The van der Waals surface area contributed by atoms with E-state index in [2.05, 4.69) is 43.1 Å². The second kappa shape index (κ2) is 7.06. The fraction of sp³-hybridized carbons (Fsp3) is 0.647. The summed E-state index contributed by atoms with van der Waals surface area (Å²) in [4.78, 5) is 2.53. The predicted octanol–water partition coefficient (Wildman–Crippen LogP) is 3.20. The van der Waals surface area contributed by atoms with Crippen molar-refractivity contribution in [2.75, 3.05) is 13.6 Å². The molecule has 0 aromatic heterocycles. The lowest BCUT2D eigenvalue weighted by Crippen LogP contribution is -2.42. The number of nitrogens with two attached hydrogens (primary N) is 1. The fourth-order valence-corrected chi connectivity index (χ4v) is 3.49. The van der Waals surface area contributed by atoms with Crippen molar-refractivity contribution in [3.8, 4) is 0 Å². The molecule has 2 atom stereocenters. The van der Waals surface area contributed by atoms with Crippen LogP contribution in [0.3, 0.4) is 0 Å². The van der Waals surface area contributed by atoms with Crippen LogP contribution in [0.4, 0.5) is 0 Å². The summed E-state index contributed by atoms with van der Waals surface area (Å²) in [5, 5.41) is 0. The molecule has 0 amide bonds. The zero-order chi connectivity index (χ0) is 13.7. The van der Waals surface area contributed by atoms with Gasteiger partial charge in [0.15, 0.2) is 0 Å². The first-order valence-electron chi connectivity index (χ1n) is 7.73. The maximum atomic E-state index is 5.95. The summed E-state index contributed by atoms with van der Waals surface area (Å²) in [7, 11) is 2.27. The van der Waals surface area contributed by atoms with Crippen molar-refractivity contribution in [2.45, 2.75) is 51.6 Å². The van der Waals surface area contributed by atoms with Crippen LogP contribution >= 0.6 is 0 Å². The summed E-state index contributed by atoms with van der Waals surface area (Å²) >= 11 is 0. The van der Waals surface area contributed by atoms with Gasteiger partial charge in [-0.25, -0.2) is 0 Å². The van der Waals surface area contributed by atoms with Crippen LogP contribution in [-0.4, -0.2) is 24.5 Å². The molecule has 0 bridgehead atoms. The van der Waals surface area contributed by atoms with Crippen LogP contribution in [0.5, 0.6) is 0 Å². The van der Waals surface area contributed by atoms with Crippen LogP contribution in [0.25, 0.3) is 0 Å². The van der Waals surface area contributed by atoms with Crippen LogP contribution in [0, 0.1) is 5.92 Å². The van der Waals surface area contributed by atoms with Crippen LogP contribution in [-0.2, 0) is 13.0 Å². The Labute approximate surface area is 118 Å². The molecule has 0 heterocycles. The Hall–Kier alpha value is -0.860. The monoisotopic (exact) mass is 260 g/mol. The summed E-state index contributed by atoms with van der Waals surface area (Å²) in [6.45, 7) is 4.14. The zero-order valence-corrected chi connectivity index (χ0v) is 12.4. The number of rotatable bonds is 5. The van der Waals surface area contributed by atoms with Crippen LogP contribution in [0.2, 0.25) is 0 Å². The SMILES string of the molecule is CCc1ccccc1CN(C)C1CCCCC1CN. The molecule has 1 aliphatic carbocycles. The molecule has 1 saturated carbocycles. The van der Waals surface area contributed by atoms with Crippen molar-refractivity contribution in [2.24, 2.45) is 11.7 Å². The van der Waals surface area contributed by atoms with Gasteiger partial charge in [0.1, 0.15) is 0 Å². The third-order valence-corrected chi connectivity index (χ3v) is 4.66. The molecular weight excluding hydrogens is 232 g/mol. The Morgan fingerprint density at radius 2 is 1.84 bits per heavy atom. The van der Waals surface area contributed by atoms with Gasteiger partial charge in [-0.05, 0) is 49.9 Å². The number of hydrogen-bond donors (Lipinski definition) is 1. The van der Waals surface area contributed by atoms with E-state index in [1.165, 1.54) is 36.8 Å². The van der Waals surface area contributed by atoms with Crippen molar-refractivity contribution < 1.29 is 0 Å². The van der Waals surface area contributed by atoms with Crippen LogP contribution in [0.1, 0.15) is 43.7 Å². The maximum Gasteiger partial charge on any atom is 0.0236 e. The number of hydrogen-bond acceptors (Lipinski definition) is 2. The molecule has 19 heavy (non-hydrogen) atoms. The molecule has 2 nitrogen and oxygen atoms in total. The summed E-state index contributed by atoms with van der Waals surface area (Å²) < 4.78 is 0. The molecule has 1 aromatic carbocycles. The largest absolute Gasteiger partial charge is 0.330 e. The average Bonchev–Trinajstić information content (AvgIpc) is 2.47. The fourth-order valence-electron chi connectivity index (χ4n) is 3.49. The molecular formula is C17H28N2. The van der Waals surface area contributed by atoms with Crippen molar-refractivity contribution in [3.63, 3.8) is 0 Å². The van der Waals surface area contributed by atoms with Gasteiger partial charge in [-0.3, -0.25) is 4.90 Å². The highest BCUT2D eigenvalue weighted by Gasteiger charge is 2.27. The van der Waals surface area contributed by atoms with Gasteiger partial charge < -0.3 is 5.73 Å². The quantitative estimate of drug-likeness (QED) is 0.881. The predicted molar refractivity (Wildman–Crippen MR) is 82.1 cm³/mol. The molecule has 0 radical (unpaired) electrons. The lowest BCUT2D eigenvalue weighted by Gasteiger charge is -2.37. The molecule has 2 unspecified atom stereocenters. The van der Waals surface area contributed by atoms with E-state index < -0.39 is 0 Å². The minimum absolute atomic E-state index is 0.670. The van der Waals surface area contributed by atoms with Gasteiger partial charge in [0.2, 0.25) is 0 Å². The van der Waals surface area contributed by atoms with Gasteiger partial charge in [0.25, 0.3) is 0 Å². The second-order valence-corrected chi connectivity index (χ2v) is 5.88. The Morgan fingerprint density at radius 3 is 2.53 bits per heavy atom. The number of benzene rings is 1. The van der Waals surface area contributed by atoms with E-state index in [1.54, 1.807) is 0 Å². The van der Waals surface area contributed by atoms with Gasteiger partial charge in [0, 0.05) is 12.6 Å². The van der Waals surface area contributed by atoms with E-state index in [0.717, 1.165) is 19.5 Å². The van der Waals surface area contributed by atoms with Crippen molar-refractivity contribution in [3.05, 3.63) is 35.4 Å². The third kappa shape index (κ3) is 3.58. The number of nitrogens with zero attached hydrogens (tertiary/aromatic N) is 1. The van der Waals surface area contributed by atoms with E-state index in [4.69, 9.17) is 5.73 Å². The second-order valence-electron chi connectivity index (χ2n) is 5.88. The first-order chi connectivity index (χ1) is 9.26. The Morgan fingerprint density at radius 1 is 1.16 bits per heavy atom. The van der Waals surface area contributed by atoms with Crippen LogP contribution in [0.15, 0.2) is 24.3 Å². The lowest BCUT2D eigenvalue weighted by atomic mass is 9.83. The first-order valence-corrected chi connectivity index (χ1v) is 7.73. The highest BCUT2D eigenvalue weighted by Crippen LogP contribution is 2.28. The zero-order valence-electron chi connectivity index (χ0n) is 12.4. The molecule has 2 N–H and O–H groups in total. The van der Waals surface area contributed by atoms with Crippen molar-refractivity contribution >= 4 is 0 Å². The van der Waals surface area contributed by atoms with Gasteiger partial charge in [0.05, 0.1) is 0 Å². The standard InChI is InChI=1S/C17H28N2/c1-3-14-8-4-5-10-16(14)13-19(2)17-11-7-6-9-15(17)12-18/h4-5,8,10,15,17H,3,6-7,9,11-13,18H2,1-2H3. The van der Waals surface area contributed by atoms with Crippen LogP contribution < -0.4 is 5.73 Å². The van der Waals surface area contributed by atoms with Gasteiger partial charge in [-0.2, -0.15) is 0 Å². The van der Waals surface area contributed by atoms with E-state index >= 15 is 0 Å². The summed E-state index contributed by atoms with van der Waals surface area (Å²) in [5.74, 6) is 0.688. The third-order valence-electron chi connectivity index (χ3n) is 4.66. The minimum atomic E-state index is 0.670. The smallest absolute Gasteiger partial charge is 0.0236 e. The molecule has 2 rings (SSSR count). The molecule has 1 aromatic rings.